The maximum absolute atomic E-state index is 12.4. The molecular weight excluding hydrogens is 294 g/mol. The van der Waals surface area contributed by atoms with E-state index in [1.165, 1.54) is 11.8 Å². The van der Waals surface area contributed by atoms with Crippen molar-refractivity contribution in [3.8, 4) is 0 Å². The van der Waals surface area contributed by atoms with Gasteiger partial charge in [0.25, 0.3) is 5.91 Å². The van der Waals surface area contributed by atoms with Crippen molar-refractivity contribution in [3.05, 3.63) is 59.7 Å². The van der Waals surface area contributed by atoms with Crippen molar-refractivity contribution in [2.45, 2.75) is 18.8 Å². The van der Waals surface area contributed by atoms with Crippen LogP contribution < -0.4 is 0 Å². The van der Waals surface area contributed by atoms with Gasteiger partial charge < -0.3 is 10.0 Å². The number of hydrogen-bond acceptors (Lipinski definition) is 4. The molecule has 118 valence electrons. The summed E-state index contributed by atoms with van der Waals surface area (Å²) < 4.78 is 0. The zero-order valence-corrected chi connectivity index (χ0v) is 12.6. The SMILES string of the molecule is O=C(O)c1cnc(C(=O)N2CCC(c3ccccc3)CC2)cn1. The summed E-state index contributed by atoms with van der Waals surface area (Å²) in [6.07, 6.45) is 4.17. The Bertz CT molecular complexity index is 693. The molecule has 1 aromatic heterocycles. The number of benzene rings is 1. The third-order valence-electron chi connectivity index (χ3n) is 4.14. The lowest BCUT2D eigenvalue weighted by molar-refractivity contribution is 0.0679. The maximum atomic E-state index is 12.4. The van der Waals surface area contributed by atoms with Crippen molar-refractivity contribution in [3.63, 3.8) is 0 Å². The molecule has 23 heavy (non-hydrogen) atoms. The fourth-order valence-electron chi connectivity index (χ4n) is 2.85. The van der Waals surface area contributed by atoms with Crippen LogP contribution in [0.25, 0.3) is 0 Å². The van der Waals surface area contributed by atoms with Crippen LogP contribution in [0.4, 0.5) is 0 Å². The van der Waals surface area contributed by atoms with Crippen LogP contribution in [0.5, 0.6) is 0 Å². The van der Waals surface area contributed by atoms with Gasteiger partial charge in [0.1, 0.15) is 5.69 Å². The van der Waals surface area contributed by atoms with Crippen LogP contribution in [-0.2, 0) is 0 Å². The predicted molar refractivity (Wildman–Crippen MR) is 83.3 cm³/mol. The third kappa shape index (κ3) is 3.36. The number of aromatic nitrogens is 2. The maximum Gasteiger partial charge on any atom is 0.356 e. The molecule has 0 bridgehead atoms. The highest BCUT2D eigenvalue weighted by Crippen LogP contribution is 2.28. The summed E-state index contributed by atoms with van der Waals surface area (Å²) in [6.45, 7) is 1.33. The van der Waals surface area contributed by atoms with Crippen molar-refractivity contribution < 1.29 is 14.7 Å². The minimum Gasteiger partial charge on any atom is -0.476 e. The van der Waals surface area contributed by atoms with Gasteiger partial charge in [-0.05, 0) is 24.3 Å². The van der Waals surface area contributed by atoms with Gasteiger partial charge in [-0.2, -0.15) is 0 Å². The lowest BCUT2D eigenvalue weighted by atomic mass is 9.89. The van der Waals surface area contributed by atoms with Gasteiger partial charge in [0, 0.05) is 13.1 Å². The Kier molecular flexibility index (Phi) is 4.32. The first-order valence-electron chi connectivity index (χ1n) is 7.54. The molecule has 2 heterocycles. The number of carbonyl (C=O) groups excluding carboxylic acids is 1. The Morgan fingerprint density at radius 1 is 1.00 bits per heavy atom. The highest BCUT2D eigenvalue weighted by Gasteiger charge is 2.25. The second kappa shape index (κ2) is 6.56. The number of piperidine rings is 1. The van der Waals surface area contributed by atoms with Gasteiger partial charge >= 0.3 is 5.97 Å². The van der Waals surface area contributed by atoms with E-state index in [1.54, 1.807) is 4.90 Å². The van der Waals surface area contributed by atoms with Crippen LogP contribution >= 0.6 is 0 Å². The van der Waals surface area contributed by atoms with Gasteiger partial charge in [-0.3, -0.25) is 4.79 Å². The predicted octanol–water partition coefficient (Wildman–Crippen LogP) is 2.19. The van der Waals surface area contributed by atoms with Crippen LogP contribution in [0.1, 0.15) is 45.3 Å². The summed E-state index contributed by atoms with van der Waals surface area (Å²) in [5, 5.41) is 8.80. The van der Waals surface area contributed by atoms with Crippen LogP contribution in [0.2, 0.25) is 0 Å². The van der Waals surface area contributed by atoms with Crippen molar-refractivity contribution in [2.24, 2.45) is 0 Å². The lowest BCUT2D eigenvalue weighted by Crippen LogP contribution is -2.38. The van der Waals surface area contributed by atoms with Crippen molar-refractivity contribution in [1.82, 2.24) is 14.9 Å². The molecule has 2 aromatic rings. The van der Waals surface area contributed by atoms with Gasteiger partial charge in [-0.1, -0.05) is 30.3 Å². The standard InChI is InChI=1S/C17H17N3O3/c21-16(14-10-19-15(11-18-14)17(22)23)20-8-6-13(7-9-20)12-4-2-1-3-5-12/h1-5,10-11,13H,6-9H2,(H,22,23). The molecule has 0 spiro atoms. The molecule has 0 saturated carbocycles. The van der Waals surface area contributed by atoms with E-state index in [0.717, 1.165) is 19.0 Å². The number of rotatable bonds is 3. The van der Waals surface area contributed by atoms with Crippen LogP contribution in [0.3, 0.4) is 0 Å². The molecule has 0 atom stereocenters. The first-order chi connectivity index (χ1) is 11.1. The molecule has 0 unspecified atom stereocenters. The normalized spacial score (nSPS) is 15.4. The Hall–Kier alpha value is -2.76. The second-order valence-corrected chi connectivity index (χ2v) is 5.57. The van der Waals surface area contributed by atoms with Crippen LogP contribution in [0.15, 0.2) is 42.7 Å². The van der Waals surface area contributed by atoms with Crippen LogP contribution in [0, 0.1) is 0 Å². The third-order valence-corrected chi connectivity index (χ3v) is 4.14. The zero-order valence-electron chi connectivity index (χ0n) is 12.6. The molecule has 1 aliphatic rings. The number of hydrogen-bond donors (Lipinski definition) is 1. The Morgan fingerprint density at radius 3 is 2.17 bits per heavy atom. The summed E-state index contributed by atoms with van der Waals surface area (Å²) in [6, 6.07) is 10.3. The van der Waals surface area contributed by atoms with Crippen molar-refractivity contribution in [2.75, 3.05) is 13.1 Å². The molecule has 0 aliphatic carbocycles. The Labute approximate surface area is 133 Å². The number of carbonyl (C=O) groups is 2. The molecule has 1 fully saturated rings. The van der Waals surface area contributed by atoms with Crippen molar-refractivity contribution in [1.29, 1.82) is 0 Å². The average molecular weight is 311 g/mol. The Balaban J connectivity index is 1.63. The molecule has 1 N–H and O–H groups in total. The second-order valence-electron chi connectivity index (χ2n) is 5.57. The largest absolute Gasteiger partial charge is 0.476 e. The van der Waals surface area contributed by atoms with E-state index in [9.17, 15) is 9.59 Å². The summed E-state index contributed by atoms with van der Waals surface area (Å²) in [4.78, 5) is 32.6. The van der Waals surface area contributed by atoms with Gasteiger partial charge in [0.05, 0.1) is 12.4 Å². The first kappa shape index (κ1) is 15.1. The fourth-order valence-corrected chi connectivity index (χ4v) is 2.85. The summed E-state index contributed by atoms with van der Waals surface area (Å²) in [5.74, 6) is -0.873. The molecule has 1 saturated heterocycles. The van der Waals surface area contributed by atoms with Gasteiger partial charge in [-0.25, -0.2) is 14.8 Å². The highest BCUT2D eigenvalue weighted by molar-refractivity contribution is 5.92. The minimum atomic E-state index is -1.15. The fraction of sp³-hybridized carbons (Fsp3) is 0.294. The molecule has 6 nitrogen and oxygen atoms in total. The number of aromatic carboxylic acids is 1. The number of carboxylic acid groups (broad SMARTS) is 1. The number of amides is 1. The number of nitrogens with zero attached hydrogens (tertiary/aromatic N) is 3. The Morgan fingerprint density at radius 2 is 1.61 bits per heavy atom. The molecule has 3 rings (SSSR count). The summed E-state index contributed by atoms with van der Waals surface area (Å²) in [5.41, 5.74) is 1.34. The van der Waals surface area contributed by atoms with Gasteiger partial charge in [-0.15, -0.1) is 0 Å². The van der Waals surface area contributed by atoms with E-state index in [0.29, 0.717) is 19.0 Å². The molecule has 6 heteroatoms. The number of likely N-dealkylation sites (tertiary alicyclic amines) is 1. The number of carboxylic acids is 1. The van der Waals surface area contributed by atoms with Gasteiger partial charge in [0.15, 0.2) is 5.69 Å². The van der Waals surface area contributed by atoms with E-state index in [1.807, 2.05) is 18.2 Å². The van der Waals surface area contributed by atoms with Crippen molar-refractivity contribution >= 4 is 11.9 Å². The van der Waals surface area contributed by atoms with E-state index in [2.05, 4.69) is 22.1 Å². The van der Waals surface area contributed by atoms with E-state index < -0.39 is 5.97 Å². The minimum absolute atomic E-state index is 0.163. The zero-order chi connectivity index (χ0) is 16.2. The van der Waals surface area contributed by atoms with Crippen LogP contribution in [-0.4, -0.2) is 44.9 Å². The summed E-state index contributed by atoms with van der Waals surface area (Å²) >= 11 is 0. The topological polar surface area (TPSA) is 83.4 Å². The lowest BCUT2D eigenvalue weighted by Gasteiger charge is -2.32. The van der Waals surface area contributed by atoms with E-state index in [4.69, 9.17) is 5.11 Å². The summed E-state index contributed by atoms with van der Waals surface area (Å²) in [7, 11) is 0. The quantitative estimate of drug-likeness (QED) is 0.939. The van der Waals surface area contributed by atoms with E-state index >= 15 is 0 Å². The highest BCUT2D eigenvalue weighted by atomic mass is 16.4. The molecule has 1 aliphatic heterocycles. The molecule has 1 aromatic carbocycles. The first-order valence-corrected chi connectivity index (χ1v) is 7.54. The molecule has 1 amide bonds. The van der Waals surface area contributed by atoms with Gasteiger partial charge in [0.2, 0.25) is 0 Å². The average Bonchev–Trinajstić information content (AvgIpc) is 2.62. The molecule has 0 radical (unpaired) electrons. The van der Waals surface area contributed by atoms with E-state index in [-0.39, 0.29) is 17.3 Å². The smallest absolute Gasteiger partial charge is 0.356 e. The molecular formula is C17H17N3O3. The monoisotopic (exact) mass is 311 g/mol.